The highest BCUT2D eigenvalue weighted by Crippen LogP contribution is 2.17. The third-order valence-corrected chi connectivity index (χ3v) is 2.44. The number of carboxylic acids is 1. The molecule has 1 rings (SSSR count). The molecule has 3 N–H and O–H groups in total. The van der Waals surface area contributed by atoms with E-state index in [0.29, 0.717) is 6.42 Å². The molecule has 88 valence electrons. The quantitative estimate of drug-likeness (QED) is 0.722. The summed E-state index contributed by atoms with van der Waals surface area (Å²) in [6.45, 7) is 3.64. The number of carbonyl (C=O) groups is 1. The molecule has 1 aromatic rings. The minimum absolute atomic E-state index is 0.207. The van der Waals surface area contributed by atoms with Crippen LogP contribution in [0.3, 0.4) is 0 Å². The Morgan fingerprint density at radius 1 is 1.50 bits per heavy atom. The zero-order valence-corrected chi connectivity index (χ0v) is 9.52. The van der Waals surface area contributed by atoms with E-state index in [2.05, 4.69) is 4.90 Å². The second kappa shape index (κ2) is 6.00. The molecule has 0 heterocycles. The van der Waals surface area contributed by atoms with Gasteiger partial charge >= 0.3 is 5.97 Å². The van der Waals surface area contributed by atoms with Crippen molar-refractivity contribution in [2.45, 2.75) is 19.8 Å². The molecule has 0 radical (unpaired) electrons. The van der Waals surface area contributed by atoms with Gasteiger partial charge in [-0.15, -0.1) is 0 Å². The topological polar surface area (TPSA) is 66.6 Å². The monoisotopic (exact) mass is 222 g/mol. The van der Waals surface area contributed by atoms with Crippen molar-refractivity contribution in [1.29, 1.82) is 0 Å². The largest absolute Gasteiger partial charge is 0.481 e. The summed E-state index contributed by atoms with van der Waals surface area (Å²) in [5.74, 6) is -0.747. The first-order valence-electron chi connectivity index (χ1n) is 5.45. The number of hydrogen-bond acceptors (Lipinski definition) is 3. The molecule has 0 fully saturated rings. The van der Waals surface area contributed by atoms with E-state index >= 15 is 0 Å². The minimum atomic E-state index is -0.747. The summed E-state index contributed by atoms with van der Waals surface area (Å²) >= 11 is 0. The predicted octanol–water partition coefficient (Wildman–Crippen LogP) is 1.96. The summed E-state index contributed by atoms with van der Waals surface area (Å²) in [7, 11) is 0. The van der Waals surface area contributed by atoms with Crippen molar-refractivity contribution in [3.63, 3.8) is 0 Å². The molecular weight excluding hydrogens is 204 g/mol. The summed E-state index contributed by atoms with van der Waals surface area (Å²) in [6, 6.07) is 7.64. The molecule has 0 unspecified atom stereocenters. The number of hydrogen-bond donors (Lipinski definition) is 2. The van der Waals surface area contributed by atoms with Crippen molar-refractivity contribution >= 4 is 17.3 Å². The zero-order valence-electron chi connectivity index (χ0n) is 9.52. The van der Waals surface area contributed by atoms with Crippen LogP contribution in [0.15, 0.2) is 24.3 Å². The van der Waals surface area contributed by atoms with Crippen LogP contribution in [-0.4, -0.2) is 24.2 Å². The van der Waals surface area contributed by atoms with E-state index < -0.39 is 5.97 Å². The maximum absolute atomic E-state index is 10.4. The van der Waals surface area contributed by atoms with Gasteiger partial charge in [-0.2, -0.15) is 0 Å². The van der Waals surface area contributed by atoms with Crippen molar-refractivity contribution in [3.8, 4) is 0 Å². The fourth-order valence-corrected chi connectivity index (χ4v) is 1.61. The third kappa shape index (κ3) is 3.81. The highest BCUT2D eigenvalue weighted by atomic mass is 16.4. The van der Waals surface area contributed by atoms with Gasteiger partial charge in [0.15, 0.2) is 0 Å². The second-order valence-corrected chi connectivity index (χ2v) is 3.67. The maximum atomic E-state index is 10.4. The number of benzene rings is 1. The number of nitrogens with zero attached hydrogens (tertiary/aromatic N) is 1. The molecule has 0 aliphatic rings. The number of anilines is 2. The Morgan fingerprint density at radius 2 is 2.25 bits per heavy atom. The molecule has 16 heavy (non-hydrogen) atoms. The van der Waals surface area contributed by atoms with Gasteiger partial charge in [0.2, 0.25) is 0 Å². The van der Waals surface area contributed by atoms with E-state index in [-0.39, 0.29) is 6.42 Å². The first-order valence-corrected chi connectivity index (χ1v) is 5.45. The van der Waals surface area contributed by atoms with Gasteiger partial charge < -0.3 is 15.7 Å². The number of carboxylic acid groups (broad SMARTS) is 1. The van der Waals surface area contributed by atoms with Crippen LogP contribution in [0.5, 0.6) is 0 Å². The van der Waals surface area contributed by atoms with Gasteiger partial charge in [0, 0.05) is 30.9 Å². The summed E-state index contributed by atoms with van der Waals surface area (Å²) in [5, 5.41) is 8.58. The lowest BCUT2D eigenvalue weighted by atomic mass is 10.2. The molecule has 0 aliphatic heterocycles. The van der Waals surface area contributed by atoms with Gasteiger partial charge in [-0.3, -0.25) is 4.79 Å². The Bertz CT molecular complexity index is 353. The zero-order chi connectivity index (χ0) is 12.0. The normalized spacial score (nSPS) is 10.1. The molecule has 0 saturated heterocycles. The molecule has 0 atom stereocenters. The van der Waals surface area contributed by atoms with Gasteiger partial charge in [-0.05, 0) is 31.5 Å². The van der Waals surface area contributed by atoms with E-state index in [1.807, 2.05) is 31.2 Å². The molecule has 0 bridgehead atoms. The summed E-state index contributed by atoms with van der Waals surface area (Å²) in [6.07, 6.45) is 0.858. The van der Waals surface area contributed by atoms with Crippen LogP contribution in [0.4, 0.5) is 11.4 Å². The highest BCUT2D eigenvalue weighted by Gasteiger charge is 2.05. The molecular formula is C12H18N2O2. The Labute approximate surface area is 95.7 Å². The molecule has 0 saturated carbocycles. The molecule has 1 aromatic carbocycles. The van der Waals surface area contributed by atoms with Gasteiger partial charge in [-0.1, -0.05) is 6.07 Å². The maximum Gasteiger partial charge on any atom is 0.303 e. The van der Waals surface area contributed by atoms with E-state index in [4.69, 9.17) is 10.8 Å². The van der Waals surface area contributed by atoms with Crippen molar-refractivity contribution in [2.75, 3.05) is 23.7 Å². The summed E-state index contributed by atoms with van der Waals surface area (Å²) < 4.78 is 0. The fraction of sp³-hybridized carbons (Fsp3) is 0.417. The lowest BCUT2D eigenvalue weighted by molar-refractivity contribution is -0.137. The van der Waals surface area contributed by atoms with Crippen molar-refractivity contribution in [3.05, 3.63) is 24.3 Å². The number of nitrogen functional groups attached to an aromatic ring is 1. The lowest BCUT2D eigenvalue weighted by Crippen LogP contribution is -2.24. The fourth-order valence-electron chi connectivity index (χ4n) is 1.61. The van der Waals surface area contributed by atoms with Crippen LogP contribution in [0.2, 0.25) is 0 Å². The van der Waals surface area contributed by atoms with Crippen molar-refractivity contribution in [2.24, 2.45) is 0 Å². The van der Waals surface area contributed by atoms with Gasteiger partial charge in [-0.25, -0.2) is 0 Å². The standard InChI is InChI=1S/C12H18N2O2/c1-2-14(8-4-7-12(15)16)11-6-3-5-10(13)9-11/h3,5-6,9H,2,4,7-8,13H2,1H3,(H,15,16). The van der Waals surface area contributed by atoms with Crippen LogP contribution < -0.4 is 10.6 Å². The molecule has 0 aromatic heterocycles. The van der Waals surface area contributed by atoms with E-state index in [1.54, 1.807) is 0 Å². The SMILES string of the molecule is CCN(CCCC(=O)O)c1cccc(N)c1. The predicted molar refractivity (Wildman–Crippen MR) is 65.6 cm³/mol. The molecule has 4 heteroatoms. The summed E-state index contributed by atoms with van der Waals surface area (Å²) in [5.41, 5.74) is 7.49. The van der Waals surface area contributed by atoms with Gasteiger partial charge in [0.25, 0.3) is 0 Å². The van der Waals surface area contributed by atoms with Gasteiger partial charge in [0.1, 0.15) is 0 Å². The molecule has 0 spiro atoms. The van der Waals surface area contributed by atoms with Crippen LogP contribution in [-0.2, 0) is 4.79 Å². The van der Waals surface area contributed by atoms with Crippen LogP contribution in [0.25, 0.3) is 0 Å². The first kappa shape index (κ1) is 12.4. The highest BCUT2D eigenvalue weighted by molar-refractivity contribution is 5.66. The number of rotatable bonds is 6. The number of nitrogens with two attached hydrogens (primary N) is 1. The Morgan fingerprint density at radius 3 is 2.81 bits per heavy atom. The lowest BCUT2D eigenvalue weighted by Gasteiger charge is -2.23. The third-order valence-electron chi connectivity index (χ3n) is 2.44. The average Bonchev–Trinajstić information content (AvgIpc) is 2.24. The molecule has 0 aliphatic carbocycles. The smallest absolute Gasteiger partial charge is 0.303 e. The summed E-state index contributed by atoms with van der Waals surface area (Å²) in [4.78, 5) is 12.5. The van der Waals surface area contributed by atoms with Crippen molar-refractivity contribution < 1.29 is 9.90 Å². The minimum Gasteiger partial charge on any atom is -0.481 e. The average molecular weight is 222 g/mol. The number of aliphatic carboxylic acids is 1. The molecule has 4 nitrogen and oxygen atoms in total. The van der Waals surface area contributed by atoms with Crippen LogP contribution >= 0.6 is 0 Å². The Hall–Kier alpha value is -1.71. The van der Waals surface area contributed by atoms with Crippen molar-refractivity contribution in [1.82, 2.24) is 0 Å². The van der Waals surface area contributed by atoms with E-state index in [9.17, 15) is 4.79 Å². The van der Waals surface area contributed by atoms with E-state index in [1.165, 1.54) is 0 Å². The Balaban J connectivity index is 2.57. The van der Waals surface area contributed by atoms with E-state index in [0.717, 1.165) is 24.5 Å². The first-order chi connectivity index (χ1) is 7.63. The molecule has 0 amide bonds. The second-order valence-electron chi connectivity index (χ2n) is 3.67. The van der Waals surface area contributed by atoms with Crippen LogP contribution in [0.1, 0.15) is 19.8 Å². The van der Waals surface area contributed by atoms with Gasteiger partial charge in [0.05, 0.1) is 0 Å². The Kier molecular flexibility index (Phi) is 4.64. The van der Waals surface area contributed by atoms with Crippen LogP contribution in [0, 0.1) is 0 Å².